The first kappa shape index (κ1) is 33.4. The fourth-order valence-electron chi connectivity index (χ4n) is 4.72. The Hall–Kier alpha value is -4.13. The monoisotopic (exact) mass is 585 g/mol. The van der Waals surface area contributed by atoms with Crippen molar-refractivity contribution < 1.29 is 19.1 Å². The lowest BCUT2D eigenvalue weighted by atomic mass is 9.98. The predicted octanol–water partition coefficient (Wildman–Crippen LogP) is 6.50. The van der Waals surface area contributed by atoms with Crippen molar-refractivity contribution in [3.05, 3.63) is 96.1 Å². The van der Waals surface area contributed by atoms with Crippen LogP contribution in [0.15, 0.2) is 84.9 Å². The molecule has 3 rings (SSSR count). The number of likely N-dealkylation sites (N-methyl/N-ethyl adjacent to an activating group) is 2. The van der Waals surface area contributed by atoms with Crippen LogP contribution in [-0.2, 0) is 27.2 Å². The van der Waals surface area contributed by atoms with E-state index in [1.807, 2.05) is 83.1 Å². The fourth-order valence-corrected chi connectivity index (χ4v) is 4.72. The summed E-state index contributed by atoms with van der Waals surface area (Å²) in [6.07, 6.45) is 4.38. The topological polar surface area (TPSA) is 70.2 Å². The van der Waals surface area contributed by atoms with E-state index in [-0.39, 0.29) is 11.8 Å². The summed E-state index contributed by atoms with van der Waals surface area (Å²) in [5.41, 5.74) is 0.948. The summed E-state index contributed by atoms with van der Waals surface area (Å²) in [5, 5.41) is 2.22. The zero-order chi connectivity index (χ0) is 31.8. The molecule has 0 spiro atoms. The number of hydrogen-bond acceptors (Lipinski definition) is 4. The summed E-state index contributed by atoms with van der Waals surface area (Å²) in [6.45, 7) is 9.87. The van der Waals surface area contributed by atoms with Gasteiger partial charge in [0.1, 0.15) is 11.6 Å². The lowest BCUT2D eigenvalue weighted by molar-refractivity contribution is -0.141. The number of carbonyl (C=O) groups excluding carboxylic acids is 3. The third-order valence-electron chi connectivity index (χ3n) is 7.75. The summed E-state index contributed by atoms with van der Waals surface area (Å²) in [6, 6.07) is 23.6. The van der Waals surface area contributed by atoms with E-state index in [4.69, 9.17) is 4.74 Å². The molecule has 0 unspecified atom stereocenters. The molecule has 7 nitrogen and oxygen atoms in total. The minimum atomic E-state index is -0.684. The maximum absolute atomic E-state index is 13.8. The summed E-state index contributed by atoms with van der Waals surface area (Å²) in [4.78, 5) is 44.7. The van der Waals surface area contributed by atoms with Crippen molar-refractivity contribution in [3.8, 4) is 0 Å². The van der Waals surface area contributed by atoms with Crippen LogP contribution in [0.1, 0.15) is 52.2 Å². The molecule has 0 fully saturated rings. The van der Waals surface area contributed by atoms with Gasteiger partial charge in [-0.3, -0.25) is 9.59 Å². The van der Waals surface area contributed by atoms with E-state index in [1.165, 1.54) is 11.0 Å². The van der Waals surface area contributed by atoms with Crippen LogP contribution in [-0.4, -0.2) is 77.5 Å². The van der Waals surface area contributed by atoms with E-state index in [0.29, 0.717) is 19.4 Å². The van der Waals surface area contributed by atoms with Crippen LogP contribution in [0.4, 0.5) is 4.79 Å². The molecule has 230 valence electrons. The maximum atomic E-state index is 13.8. The van der Waals surface area contributed by atoms with Gasteiger partial charge in [-0.15, -0.1) is 0 Å². The first-order valence-corrected chi connectivity index (χ1v) is 14.8. The summed E-state index contributed by atoms with van der Waals surface area (Å²) in [7, 11) is 5.17. The van der Waals surface area contributed by atoms with E-state index in [2.05, 4.69) is 24.3 Å². The SMILES string of the molecule is CN(CCc1ccccc1)C(=O)[C@@H](Cc1ccc2ccccc2c1)N(C)C(=O)C=CCC(C)(C)N(C)C(=O)OC(C)(C)C. The third kappa shape index (κ3) is 9.70. The van der Waals surface area contributed by atoms with Gasteiger partial charge in [0.2, 0.25) is 11.8 Å². The largest absolute Gasteiger partial charge is 0.444 e. The molecule has 43 heavy (non-hydrogen) atoms. The molecule has 0 radical (unpaired) electrons. The number of nitrogens with zero attached hydrogens (tertiary/aromatic N) is 3. The highest BCUT2D eigenvalue weighted by Crippen LogP contribution is 2.22. The zero-order valence-electron chi connectivity index (χ0n) is 27.0. The molecule has 1 atom stereocenters. The fraction of sp³-hybridized carbons (Fsp3) is 0.417. The Morgan fingerprint density at radius 1 is 0.814 bits per heavy atom. The van der Waals surface area contributed by atoms with Crippen LogP contribution >= 0.6 is 0 Å². The van der Waals surface area contributed by atoms with Crippen molar-refractivity contribution in [2.24, 2.45) is 0 Å². The molecular weight excluding hydrogens is 538 g/mol. The maximum Gasteiger partial charge on any atom is 0.410 e. The Morgan fingerprint density at radius 2 is 1.44 bits per heavy atom. The summed E-state index contributed by atoms with van der Waals surface area (Å²) < 4.78 is 5.51. The van der Waals surface area contributed by atoms with Crippen LogP contribution in [0, 0.1) is 0 Å². The van der Waals surface area contributed by atoms with E-state index >= 15 is 0 Å². The van der Waals surface area contributed by atoms with Gasteiger partial charge in [0.05, 0.1) is 0 Å². The van der Waals surface area contributed by atoms with Gasteiger partial charge in [0.25, 0.3) is 0 Å². The molecule has 3 amide bonds. The second-order valence-corrected chi connectivity index (χ2v) is 12.8. The molecule has 7 heteroatoms. The Balaban J connectivity index is 1.76. The quantitative estimate of drug-likeness (QED) is 0.241. The van der Waals surface area contributed by atoms with E-state index < -0.39 is 23.3 Å². The van der Waals surface area contributed by atoms with Gasteiger partial charge in [0, 0.05) is 39.6 Å². The van der Waals surface area contributed by atoms with Crippen molar-refractivity contribution in [1.29, 1.82) is 0 Å². The molecule has 0 bridgehead atoms. The predicted molar refractivity (Wildman–Crippen MR) is 174 cm³/mol. The highest BCUT2D eigenvalue weighted by Gasteiger charge is 2.31. The molecule has 0 N–H and O–H groups in total. The molecule has 0 heterocycles. The van der Waals surface area contributed by atoms with Crippen LogP contribution in [0.2, 0.25) is 0 Å². The van der Waals surface area contributed by atoms with Crippen LogP contribution in [0.5, 0.6) is 0 Å². The van der Waals surface area contributed by atoms with Crippen molar-refractivity contribution in [1.82, 2.24) is 14.7 Å². The molecule has 3 aromatic carbocycles. The Morgan fingerprint density at radius 3 is 2.09 bits per heavy atom. The standard InChI is InChI=1S/C36H47N3O4/c1-35(2,3)43-34(42)39(8)36(4,5)23-14-19-32(40)38(7)31(26-28-20-21-29-17-12-13-18-30(29)25-28)33(41)37(6)24-22-27-15-10-9-11-16-27/h9-21,25,31H,22-24,26H2,1-8H3/t31-/m1/s1. The number of amides is 3. The number of rotatable bonds is 11. The van der Waals surface area contributed by atoms with E-state index in [0.717, 1.165) is 28.3 Å². The molecular formula is C36H47N3O4. The van der Waals surface area contributed by atoms with Crippen LogP contribution in [0.3, 0.4) is 0 Å². The van der Waals surface area contributed by atoms with Gasteiger partial charge in [-0.25, -0.2) is 4.79 Å². The van der Waals surface area contributed by atoms with Gasteiger partial charge in [0.15, 0.2) is 0 Å². The molecule has 3 aromatic rings. The average molecular weight is 586 g/mol. The number of benzene rings is 3. The van der Waals surface area contributed by atoms with Crippen LogP contribution in [0.25, 0.3) is 10.8 Å². The number of carbonyl (C=O) groups is 3. The highest BCUT2D eigenvalue weighted by atomic mass is 16.6. The molecule has 0 aliphatic heterocycles. The van der Waals surface area contributed by atoms with Crippen molar-refractivity contribution in [2.45, 2.75) is 71.1 Å². The van der Waals surface area contributed by atoms with E-state index in [9.17, 15) is 14.4 Å². The average Bonchev–Trinajstić information content (AvgIpc) is 2.96. The minimum absolute atomic E-state index is 0.113. The van der Waals surface area contributed by atoms with Crippen molar-refractivity contribution in [2.75, 3.05) is 27.7 Å². The molecule has 0 aliphatic rings. The smallest absolute Gasteiger partial charge is 0.410 e. The van der Waals surface area contributed by atoms with Gasteiger partial charge < -0.3 is 19.4 Å². The molecule has 0 saturated heterocycles. The number of ether oxygens (including phenoxy) is 1. The van der Waals surface area contributed by atoms with Gasteiger partial charge in [-0.2, -0.15) is 0 Å². The number of fused-ring (bicyclic) bond motifs is 1. The van der Waals surface area contributed by atoms with Crippen molar-refractivity contribution in [3.63, 3.8) is 0 Å². The lowest BCUT2D eigenvalue weighted by Crippen LogP contribution is -2.49. The molecule has 0 aliphatic carbocycles. The molecule has 0 saturated carbocycles. The van der Waals surface area contributed by atoms with Crippen LogP contribution < -0.4 is 0 Å². The first-order chi connectivity index (χ1) is 20.2. The second kappa shape index (κ2) is 14.4. The summed E-state index contributed by atoms with van der Waals surface area (Å²) >= 11 is 0. The van der Waals surface area contributed by atoms with Gasteiger partial charge in [-0.1, -0.05) is 78.9 Å². The normalized spacial score (nSPS) is 12.7. The number of hydrogen-bond donors (Lipinski definition) is 0. The van der Waals surface area contributed by atoms with Gasteiger partial charge in [-0.05, 0) is 75.4 Å². The van der Waals surface area contributed by atoms with Crippen molar-refractivity contribution >= 4 is 28.7 Å². The second-order valence-electron chi connectivity index (χ2n) is 12.8. The third-order valence-corrected chi connectivity index (χ3v) is 7.75. The summed E-state index contributed by atoms with van der Waals surface area (Å²) in [5.74, 6) is -0.385. The first-order valence-electron chi connectivity index (χ1n) is 14.8. The Kier molecular flexibility index (Phi) is 11.1. The zero-order valence-corrected chi connectivity index (χ0v) is 27.0. The Bertz CT molecular complexity index is 1430. The minimum Gasteiger partial charge on any atom is -0.444 e. The highest BCUT2D eigenvalue weighted by molar-refractivity contribution is 5.93. The van der Waals surface area contributed by atoms with E-state index in [1.54, 1.807) is 37.0 Å². The molecule has 0 aromatic heterocycles. The van der Waals surface area contributed by atoms with Gasteiger partial charge >= 0.3 is 6.09 Å². The lowest BCUT2D eigenvalue weighted by Gasteiger charge is -2.36. The Labute approximate surface area is 257 Å².